The Morgan fingerprint density at radius 2 is 2.00 bits per heavy atom. The number of ether oxygens (including phenoxy) is 1. The number of rotatable bonds is 7. The fraction of sp³-hybridized carbons (Fsp3) is 0.933. The Morgan fingerprint density at radius 1 is 1.37 bits per heavy atom. The minimum atomic E-state index is -0.145. The van der Waals surface area contributed by atoms with Crippen LogP contribution >= 0.6 is 0 Å². The van der Waals surface area contributed by atoms with Crippen molar-refractivity contribution in [2.45, 2.75) is 40.0 Å². The molecule has 0 saturated carbocycles. The molecule has 1 amide bonds. The summed E-state index contributed by atoms with van der Waals surface area (Å²) < 4.78 is 5.15. The van der Waals surface area contributed by atoms with E-state index in [1.807, 2.05) is 4.90 Å². The van der Waals surface area contributed by atoms with E-state index in [1.165, 1.54) is 0 Å². The van der Waals surface area contributed by atoms with Crippen molar-refractivity contribution in [3.05, 3.63) is 0 Å². The van der Waals surface area contributed by atoms with Gasteiger partial charge in [0.1, 0.15) is 0 Å². The van der Waals surface area contributed by atoms with Crippen LogP contribution in [0.15, 0.2) is 0 Å². The van der Waals surface area contributed by atoms with Gasteiger partial charge in [-0.25, -0.2) is 0 Å². The first kappa shape index (κ1) is 16.4. The zero-order valence-corrected chi connectivity index (χ0v) is 13.0. The quantitative estimate of drug-likeness (QED) is 0.768. The summed E-state index contributed by atoms with van der Waals surface area (Å²) in [5.74, 6) is 0.832. The van der Waals surface area contributed by atoms with Gasteiger partial charge in [-0.2, -0.15) is 0 Å². The molecule has 4 heteroatoms. The highest BCUT2D eigenvalue weighted by molar-refractivity contribution is 5.83. The van der Waals surface area contributed by atoms with Crippen LogP contribution in [-0.4, -0.2) is 50.7 Å². The predicted molar refractivity (Wildman–Crippen MR) is 78.1 cm³/mol. The molecule has 4 nitrogen and oxygen atoms in total. The van der Waals surface area contributed by atoms with Crippen molar-refractivity contribution in [1.29, 1.82) is 0 Å². The summed E-state index contributed by atoms with van der Waals surface area (Å²) in [7, 11) is 1.69. The van der Waals surface area contributed by atoms with Crippen LogP contribution in [0, 0.1) is 11.3 Å². The molecule has 1 N–H and O–H groups in total. The van der Waals surface area contributed by atoms with Gasteiger partial charge in [0.05, 0.1) is 12.0 Å². The van der Waals surface area contributed by atoms with Crippen molar-refractivity contribution in [3.63, 3.8) is 0 Å². The maximum absolute atomic E-state index is 12.9. The molecule has 0 spiro atoms. The van der Waals surface area contributed by atoms with E-state index < -0.39 is 0 Å². The Morgan fingerprint density at radius 3 is 2.47 bits per heavy atom. The second-order valence-electron chi connectivity index (χ2n) is 6.02. The summed E-state index contributed by atoms with van der Waals surface area (Å²) in [4.78, 5) is 15.0. The van der Waals surface area contributed by atoms with Gasteiger partial charge in [0.2, 0.25) is 5.91 Å². The van der Waals surface area contributed by atoms with E-state index in [4.69, 9.17) is 4.74 Å². The zero-order valence-electron chi connectivity index (χ0n) is 13.0. The molecule has 112 valence electrons. The largest absolute Gasteiger partial charge is 0.383 e. The molecule has 0 bridgehead atoms. The SMILES string of the molecule is CCC1(C(=O)N(CCOC)CC(C)C)CCNCC1. The zero-order chi connectivity index (χ0) is 14.3. The third-order valence-corrected chi connectivity index (χ3v) is 4.13. The van der Waals surface area contributed by atoms with E-state index >= 15 is 0 Å². The number of nitrogens with zero attached hydrogens (tertiary/aromatic N) is 1. The van der Waals surface area contributed by atoms with Gasteiger partial charge >= 0.3 is 0 Å². The first-order valence-electron chi connectivity index (χ1n) is 7.54. The highest BCUT2D eigenvalue weighted by atomic mass is 16.5. The molecule has 1 aliphatic heterocycles. The molecule has 0 radical (unpaired) electrons. The summed E-state index contributed by atoms with van der Waals surface area (Å²) in [5.41, 5.74) is -0.145. The summed E-state index contributed by atoms with van der Waals surface area (Å²) in [6.07, 6.45) is 2.86. The highest BCUT2D eigenvalue weighted by Crippen LogP contribution is 2.34. The predicted octanol–water partition coefficient (Wildman–Crippen LogP) is 1.90. The molecular formula is C15H30N2O2. The van der Waals surface area contributed by atoms with Crippen molar-refractivity contribution >= 4 is 5.91 Å². The van der Waals surface area contributed by atoms with E-state index in [9.17, 15) is 4.79 Å². The summed E-state index contributed by atoms with van der Waals surface area (Å²) in [5, 5.41) is 3.36. The maximum Gasteiger partial charge on any atom is 0.228 e. The number of methoxy groups -OCH3 is 1. The van der Waals surface area contributed by atoms with Gasteiger partial charge in [-0.1, -0.05) is 20.8 Å². The van der Waals surface area contributed by atoms with E-state index in [0.717, 1.165) is 38.9 Å². The van der Waals surface area contributed by atoms with Gasteiger partial charge in [0.25, 0.3) is 0 Å². The molecule has 0 aromatic heterocycles. The number of amides is 1. The number of nitrogens with one attached hydrogen (secondary N) is 1. The second kappa shape index (κ2) is 7.85. The molecule has 1 aliphatic rings. The van der Waals surface area contributed by atoms with Crippen LogP contribution in [0.1, 0.15) is 40.0 Å². The minimum absolute atomic E-state index is 0.145. The van der Waals surface area contributed by atoms with Crippen molar-refractivity contribution in [2.75, 3.05) is 39.9 Å². The standard InChI is InChI=1S/C15H30N2O2/c1-5-15(6-8-16-9-7-15)14(18)17(10-11-19-4)12-13(2)3/h13,16H,5-12H2,1-4H3. The Balaban J connectivity index is 2.76. The molecule has 0 aromatic rings. The lowest BCUT2D eigenvalue weighted by molar-refractivity contribution is -0.145. The molecule has 1 heterocycles. The molecule has 0 atom stereocenters. The monoisotopic (exact) mass is 270 g/mol. The summed E-state index contributed by atoms with van der Waals surface area (Å²) in [6, 6.07) is 0. The minimum Gasteiger partial charge on any atom is -0.383 e. The topological polar surface area (TPSA) is 41.6 Å². The van der Waals surface area contributed by atoms with Crippen molar-refractivity contribution in [3.8, 4) is 0 Å². The maximum atomic E-state index is 12.9. The Bertz CT molecular complexity index is 273. The van der Waals surface area contributed by atoms with Crippen LogP contribution in [0.5, 0.6) is 0 Å². The van der Waals surface area contributed by atoms with Gasteiger partial charge in [-0.05, 0) is 38.3 Å². The third kappa shape index (κ3) is 4.46. The van der Waals surface area contributed by atoms with Gasteiger partial charge in [-0.3, -0.25) is 4.79 Å². The molecule has 1 fully saturated rings. The Kier molecular flexibility index (Phi) is 6.80. The van der Waals surface area contributed by atoms with Crippen LogP contribution < -0.4 is 5.32 Å². The molecule has 19 heavy (non-hydrogen) atoms. The summed E-state index contributed by atoms with van der Waals surface area (Å²) in [6.45, 7) is 10.5. The third-order valence-electron chi connectivity index (χ3n) is 4.13. The number of carbonyl (C=O) groups excluding carboxylic acids is 1. The number of hydrogen-bond acceptors (Lipinski definition) is 3. The van der Waals surface area contributed by atoms with Gasteiger partial charge in [0.15, 0.2) is 0 Å². The van der Waals surface area contributed by atoms with Crippen LogP contribution in [0.3, 0.4) is 0 Å². The molecule has 0 aromatic carbocycles. The fourth-order valence-electron chi connectivity index (χ4n) is 2.88. The van der Waals surface area contributed by atoms with Crippen molar-refractivity contribution in [2.24, 2.45) is 11.3 Å². The lowest BCUT2D eigenvalue weighted by Gasteiger charge is -2.40. The van der Waals surface area contributed by atoms with E-state index in [0.29, 0.717) is 25.0 Å². The lowest BCUT2D eigenvalue weighted by Crippen LogP contribution is -2.50. The van der Waals surface area contributed by atoms with Crippen LogP contribution in [0.25, 0.3) is 0 Å². The molecule has 1 rings (SSSR count). The lowest BCUT2D eigenvalue weighted by atomic mass is 9.75. The average Bonchev–Trinajstić information content (AvgIpc) is 2.43. The Hall–Kier alpha value is -0.610. The molecule has 1 saturated heterocycles. The average molecular weight is 270 g/mol. The fourth-order valence-corrected chi connectivity index (χ4v) is 2.88. The van der Waals surface area contributed by atoms with E-state index in [1.54, 1.807) is 7.11 Å². The first-order valence-corrected chi connectivity index (χ1v) is 7.54. The van der Waals surface area contributed by atoms with Gasteiger partial charge < -0.3 is 15.0 Å². The molecule has 0 aliphatic carbocycles. The molecule has 0 unspecified atom stereocenters. The van der Waals surface area contributed by atoms with Gasteiger partial charge in [0, 0.05) is 20.2 Å². The normalized spacial score (nSPS) is 18.6. The molecular weight excluding hydrogens is 240 g/mol. The van der Waals surface area contributed by atoms with Crippen LogP contribution in [-0.2, 0) is 9.53 Å². The Labute approximate surface area is 117 Å². The van der Waals surface area contributed by atoms with E-state index in [-0.39, 0.29) is 5.41 Å². The first-order chi connectivity index (χ1) is 9.05. The van der Waals surface area contributed by atoms with Crippen molar-refractivity contribution in [1.82, 2.24) is 10.2 Å². The second-order valence-corrected chi connectivity index (χ2v) is 6.02. The van der Waals surface area contributed by atoms with Crippen LogP contribution in [0.4, 0.5) is 0 Å². The number of carbonyl (C=O) groups is 1. The summed E-state index contributed by atoms with van der Waals surface area (Å²) >= 11 is 0. The smallest absolute Gasteiger partial charge is 0.228 e. The van der Waals surface area contributed by atoms with Crippen LogP contribution in [0.2, 0.25) is 0 Å². The number of hydrogen-bond donors (Lipinski definition) is 1. The number of piperidine rings is 1. The highest BCUT2D eigenvalue weighted by Gasteiger charge is 2.40. The van der Waals surface area contributed by atoms with Crippen molar-refractivity contribution < 1.29 is 9.53 Å². The van der Waals surface area contributed by atoms with Gasteiger partial charge in [-0.15, -0.1) is 0 Å². The van der Waals surface area contributed by atoms with E-state index in [2.05, 4.69) is 26.1 Å².